The lowest BCUT2D eigenvalue weighted by molar-refractivity contribution is 0.569. The maximum Gasteiger partial charge on any atom is 0.0668 e. The van der Waals surface area contributed by atoms with Crippen molar-refractivity contribution >= 4 is 17.3 Å². The van der Waals surface area contributed by atoms with Gasteiger partial charge in [0.2, 0.25) is 0 Å². The third-order valence-corrected chi connectivity index (χ3v) is 4.33. The van der Waals surface area contributed by atoms with E-state index in [1.807, 2.05) is 12.1 Å². The second-order valence-electron chi connectivity index (χ2n) is 5.39. The lowest BCUT2D eigenvalue weighted by Crippen LogP contribution is -2.37. The zero-order valence-electron chi connectivity index (χ0n) is 11.6. The highest BCUT2D eigenvalue weighted by atomic mass is 35.5. The van der Waals surface area contributed by atoms with Crippen LogP contribution in [0.5, 0.6) is 0 Å². The molecular formula is C17H19ClN2. The second kappa shape index (κ2) is 5.47. The van der Waals surface area contributed by atoms with Gasteiger partial charge in [-0.3, -0.25) is 0 Å². The number of rotatable bonds is 3. The maximum absolute atomic E-state index is 6.07. The molecule has 3 rings (SSSR count). The van der Waals surface area contributed by atoms with Gasteiger partial charge in [0.1, 0.15) is 0 Å². The normalized spacial score (nSPS) is 18.9. The number of nitrogens with two attached hydrogens (primary N) is 1. The molecule has 1 heterocycles. The average Bonchev–Trinajstić information content (AvgIpc) is 2.79. The summed E-state index contributed by atoms with van der Waals surface area (Å²) in [4.78, 5) is 2.44. The van der Waals surface area contributed by atoms with E-state index in [1.54, 1.807) is 0 Å². The van der Waals surface area contributed by atoms with Gasteiger partial charge in [0.15, 0.2) is 0 Å². The van der Waals surface area contributed by atoms with Crippen LogP contribution < -0.4 is 10.6 Å². The first-order chi connectivity index (χ1) is 9.70. The van der Waals surface area contributed by atoms with E-state index < -0.39 is 0 Å². The highest BCUT2D eigenvalue weighted by Gasteiger charge is 2.31. The molecule has 3 heteroatoms. The molecule has 1 aliphatic heterocycles. The Balaban J connectivity index is 1.99. The quantitative estimate of drug-likeness (QED) is 0.930. The highest BCUT2D eigenvalue weighted by molar-refractivity contribution is 6.30. The van der Waals surface area contributed by atoms with Gasteiger partial charge in [-0.25, -0.2) is 0 Å². The number of benzene rings is 2. The first-order valence-electron chi connectivity index (χ1n) is 7.02. The van der Waals surface area contributed by atoms with Crippen LogP contribution in [-0.4, -0.2) is 12.6 Å². The van der Waals surface area contributed by atoms with Crippen molar-refractivity contribution in [2.24, 2.45) is 5.73 Å². The van der Waals surface area contributed by atoms with Crippen LogP contribution in [0.1, 0.15) is 24.1 Å². The van der Waals surface area contributed by atoms with Crippen LogP contribution in [0.15, 0.2) is 48.5 Å². The van der Waals surface area contributed by atoms with Gasteiger partial charge in [-0.05, 0) is 42.7 Å². The summed E-state index contributed by atoms with van der Waals surface area (Å²) in [7, 11) is 0. The average molecular weight is 287 g/mol. The molecule has 0 amide bonds. The molecule has 0 fully saturated rings. The minimum atomic E-state index is 0.200. The van der Waals surface area contributed by atoms with Crippen molar-refractivity contribution in [3.05, 3.63) is 64.7 Å². The van der Waals surface area contributed by atoms with Crippen LogP contribution in [-0.2, 0) is 6.42 Å². The van der Waals surface area contributed by atoms with E-state index in [-0.39, 0.29) is 6.04 Å². The Morgan fingerprint density at radius 2 is 1.90 bits per heavy atom. The largest absolute Gasteiger partial charge is 0.360 e. The monoisotopic (exact) mass is 286 g/mol. The lowest BCUT2D eigenvalue weighted by atomic mass is 10.0. The van der Waals surface area contributed by atoms with Gasteiger partial charge in [0.05, 0.1) is 6.04 Å². The lowest BCUT2D eigenvalue weighted by Gasteiger charge is -2.34. The fraction of sp³-hybridized carbons (Fsp3) is 0.294. The molecule has 2 atom stereocenters. The molecule has 0 radical (unpaired) electrons. The Morgan fingerprint density at radius 1 is 1.20 bits per heavy atom. The van der Waals surface area contributed by atoms with Crippen molar-refractivity contribution < 1.29 is 0 Å². The van der Waals surface area contributed by atoms with Crippen molar-refractivity contribution in [3.8, 4) is 0 Å². The van der Waals surface area contributed by atoms with E-state index in [2.05, 4.69) is 48.2 Å². The van der Waals surface area contributed by atoms with Crippen molar-refractivity contribution in [2.75, 3.05) is 11.4 Å². The number of fused-ring (bicyclic) bond motifs is 1. The SMILES string of the molecule is CC1Cc2ccccc2N1C(CN)c1ccc(Cl)cc1. The molecule has 2 aromatic rings. The summed E-state index contributed by atoms with van der Waals surface area (Å²) in [5.41, 5.74) is 10.0. The van der Waals surface area contributed by atoms with Gasteiger partial charge >= 0.3 is 0 Å². The number of hydrogen-bond donors (Lipinski definition) is 1. The van der Waals surface area contributed by atoms with Gasteiger partial charge < -0.3 is 10.6 Å². The molecule has 0 aromatic heterocycles. The third-order valence-electron chi connectivity index (χ3n) is 4.07. The van der Waals surface area contributed by atoms with E-state index in [0.717, 1.165) is 11.4 Å². The van der Waals surface area contributed by atoms with Crippen LogP contribution in [0.3, 0.4) is 0 Å². The van der Waals surface area contributed by atoms with E-state index in [4.69, 9.17) is 17.3 Å². The Kier molecular flexibility index (Phi) is 3.68. The molecule has 0 spiro atoms. The standard InChI is InChI=1S/C17H19ClN2/c1-12-10-14-4-2-3-5-16(14)20(12)17(11-19)13-6-8-15(18)9-7-13/h2-9,12,17H,10-11,19H2,1H3. The molecule has 2 N–H and O–H groups in total. The summed E-state index contributed by atoms with van der Waals surface area (Å²) >= 11 is 5.98. The van der Waals surface area contributed by atoms with Crippen LogP contribution in [0, 0.1) is 0 Å². The van der Waals surface area contributed by atoms with Gasteiger partial charge in [0.25, 0.3) is 0 Å². The molecule has 0 aliphatic carbocycles. The molecule has 0 bridgehead atoms. The molecule has 0 saturated heterocycles. The fourth-order valence-corrected chi connectivity index (χ4v) is 3.29. The van der Waals surface area contributed by atoms with Crippen LogP contribution >= 0.6 is 11.6 Å². The molecular weight excluding hydrogens is 268 g/mol. The Bertz CT molecular complexity index is 594. The first kappa shape index (κ1) is 13.5. The smallest absolute Gasteiger partial charge is 0.0668 e. The summed E-state index contributed by atoms with van der Waals surface area (Å²) in [5, 5.41) is 0.763. The van der Waals surface area contributed by atoms with E-state index in [1.165, 1.54) is 16.8 Å². The van der Waals surface area contributed by atoms with Crippen LogP contribution in [0.2, 0.25) is 5.02 Å². The molecule has 1 aliphatic rings. The predicted octanol–water partition coefficient (Wildman–Crippen LogP) is 3.79. The minimum absolute atomic E-state index is 0.200. The first-order valence-corrected chi connectivity index (χ1v) is 7.40. The number of nitrogens with zero attached hydrogens (tertiary/aromatic N) is 1. The molecule has 104 valence electrons. The molecule has 2 aromatic carbocycles. The summed E-state index contributed by atoms with van der Waals surface area (Å²) < 4.78 is 0. The van der Waals surface area contributed by atoms with Gasteiger partial charge in [-0.2, -0.15) is 0 Å². The summed E-state index contributed by atoms with van der Waals surface area (Å²) in [5.74, 6) is 0. The topological polar surface area (TPSA) is 29.3 Å². The zero-order valence-corrected chi connectivity index (χ0v) is 12.3. The zero-order chi connectivity index (χ0) is 14.1. The summed E-state index contributed by atoms with van der Waals surface area (Å²) in [6, 6.07) is 17.3. The number of anilines is 1. The molecule has 0 saturated carbocycles. The number of para-hydroxylation sites is 1. The van der Waals surface area contributed by atoms with Gasteiger partial charge in [-0.15, -0.1) is 0 Å². The summed E-state index contributed by atoms with van der Waals surface area (Å²) in [6.07, 6.45) is 1.08. The van der Waals surface area contributed by atoms with Crippen molar-refractivity contribution in [3.63, 3.8) is 0 Å². The summed E-state index contributed by atoms with van der Waals surface area (Å²) in [6.45, 7) is 2.86. The van der Waals surface area contributed by atoms with Gasteiger partial charge in [-0.1, -0.05) is 41.9 Å². The van der Waals surface area contributed by atoms with Crippen LogP contribution in [0.25, 0.3) is 0 Å². The number of hydrogen-bond acceptors (Lipinski definition) is 2. The maximum atomic E-state index is 6.07. The van der Waals surface area contributed by atoms with Crippen molar-refractivity contribution in [1.82, 2.24) is 0 Å². The molecule has 2 unspecified atom stereocenters. The van der Waals surface area contributed by atoms with Crippen molar-refractivity contribution in [1.29, 1.82) is 0 Å². The van der Waals surface area contributed by atoms with Crippen LogP contribution in [0.4, 0.5) is 5.69 Å². The fourth-order valence-electron chi connectivity index (χ4n) is 3.16. The predicted molar refractivity (Wildman–Crippen MR) is 85.3 cm³/mol. The molecule has 20 heavy (non-hydrogen) atoms. The van der Waals surface area contributed by atoms with E-state index in [9.17, 15) is 0 Å². The van der Waals surface area contributed by atoms with E-state index >= 15 is 0 Å². The Labute approximate surface area is 125 Å². The minimum Gasteiger partial charge on any atom is -0.360 e. The molecule has 2 nitrogen and oxygen atoms in total. The second-order valence-corrected chi connectivity index (χ2v) is 5.83. The van der Waals surface area contributed by atoms with Gasteiger partial charge in [0, 0.05) is 23.3 Å². The Hall–Kier alpha value is -1.51. The van der Waals surface area contributed by atoms with Crippen molar-refractivity contribution in [2.45, 2.75) is 25.4 Å². The highest BCUT2D eigenvalue weighted by Crippen LogP contribution is 2.38. The Morgan fingerprint density at radius 3 is 2.60 bits per heavy atom. The third kappa shape index (κ3) is 2.30. The van der Waals surface area contributed by atoms with E-state index in [0.29, 0.717) is 12.6 Å². The number of halogens is 1.